The summed E-state index contributed by atoms with van der Waals surface area (Å²) in [6.07, 6.45) is 1.99. The van der Waals surface area contributed by atoms with E-state index in [0.717, 1.165) is 24.1 Å². The molecule has 7 nitrogen and oxygen atoms in total. The third-order valence-corrected chi connectivity index (χ3v) is 5.20. The number of hydrogen-bond acceptors (Lipinski definition) is 5. The van der Waals surface area contributed by atoms with Crippen LogP contribution in [-0.2, 0) is 22.6 Å². The molecule has 1 aliphatic heterocycles. The van der Waals surface area contributed by atoms with Gasteiger partial charge in [-0.25, -0.2) is 0 Å². The number of nitrogen functional groups attached to an aromatic ring is 1. The van der Waals surface area contributed by atoms with Crippen molar-refractivity contribution >= 4 is 30.1 Å². The predicted molar refractivity (Wildman–Crippen MR) is 119 cm³/mol. The first-order valence-electron chi connectivity index (χ1n) is 9.75. The summed E-state index contributed by atoms with van der Waals surface area (Å²) >= 11 is 0. The maximum Gasteiger partial charge on any atom is 0.243 e. The number of likely N-dealkylation sites (tertiary alicyclic amines) is 1. The predicted octanol–water partition coefficient (Wildman–Crippen LogP) is 1.57. The molecule has 1 saturated heterocycles. The highest BCUT2D eigenvalue weighted by Crippen LogP contribution is 2.20. The molecule has 30 heavy (non-hydrogen) atoms. The molecule has 0 radical (unpaired) electrons. The molecule has 1 heterocycles. The van der Waals surface area contributed by atoms with E-state index >= 15 is 0 Å². The lowest BCUT2D eigenvalue weighted by molar-refractivity contribution is -0.133. The second-order valence-corrected chi connectivity index (χ2v) is 7.39. The summed E-state index contributed by atoms with van der Waals surface area (Å²) in [6, 6.07) is 15.8. The number of amides is 2. The second-order valence-electron chi connectivity index (χ2n) is 7.39. The Morgan fingerprint density at radius 3 is 2.40 bits per heavy atom. The third kappa shape index (κ3) is 6.13. The highest BCUT2D eigenvalue weighted by atomic mass is 35.5. The Hall–Kier alpha value is -2.74. The standard InChI is InChI=1S/C22H27N5O2.ClH/c23-18(13-15-5-2-1-3-6-15)21(28)26-22(29)19-7-4-12-27(19)14-16-8-10-17(11-9-16)20(24)25;/h1-3,5-6,8-11,18-19H,4,7,12-14,23H2,(H3,24,25)(H,26,28,29);1H/t18-,19+;/m1./s1. The molecule has 2 amide bonds. The average Bonchev–Trinajstić information content (AvgIpc) is 3.17. The molecule has 2 aromatic carbocycles. The fourth-order valence-corrected chi connectivity index (χ4v) is 3.59. The van der Waals surface area contributed by atoms with Crippen LogP contribution in [-0.4, -0.2) is 41.2 Å². The molecule has 2 aromatic rings. The zero-order valence-corrected chi connectivity index (χ0v) is 17.5. The molecule has 6 N–H and O–H groups in total. The number of hydrogen-bond donors (Lipinski definition) is 4. The molecule has 0 bridgehead atoms. The van der Waals surface area contributed by atoms with Crippen LogP contribution in [0.5, 0.6) is 0 Å². The van der Waals surface area contributed by atoms with Crippen molar-refractivity contribution in [2.75, 3.05) is 6.54 Å². The molecule has 1 fully saturated rings. The molecule has 0 spiro atoms. The lowest BCUT2D eigenvalue weighted by atomic mass is 10.1. The number of nitrogens with zero attached hydrogens (tertiary/aromatic N) is 1. The summed E-state index contributed by atoms with van der Waals surface area (Å²) in [7, 11) is 0. The number of imide groups is 1. The van der Waals surface area contributed by atoms with Crippen molar-refractivity contribution < 1.29 is 9.59 Å². The zero-order chi connectivity index (χ0) is 20.8. The van der Waals surface area contributed by atoms with Gasteiger partial charge in [0.15, 0.2) is 0 Å². The van der Waals surface area contributed by atoms with Gasteiger partial charge in [-0.1, -0.05) is 54.6 Å². The van der Waals surface area contributed by atoms with Gasteiger partial charge in [-0.05, 0) is 36.9 Å². The fraction of sp³-hybridized carbons (Fsp3) is 0.318. The lowest BCUT2D eigenvalue weighted by Crippen LogP contribution is -2.50. The molecule has 0 unspecified atom stereocenters. The first-order valence-corrected chi connectivity index (χ1v) is 9.75. The van der Waals surface area contributed by atoms with Crippen molar-refractivity contribution in [3.63, 3.8) is 0 Å². The van der Waals surface area contributed by atoms with Gasteiger partial charge in [-0.3, -0.25) is 25.2 Å². The molecule has 0 aliphatic carbocycles. The maximum atomic E-state index is 12.7. The molecule has 0 aromatic heterocycles. The Balaban J connectivity index is 0.00000320. The highest BCUT2D eigenvalue weighted by Gasteiger charge is 2.32. The molecule has 1 aliphatic rings. The quantitative estimate of drug-likeness (QED) is 0.392. The summed E-state index contributed by atoms with van der Waals surface area (Å²) in [5.74, 6) is -0.715. The van der Waals surface area contributed by atoms with E-state index in [4.69, 9.17) is 16.9 Å². The Bertz CT molecular complexity index is 873. The second kappa shape index (κ2) is 10.9. The number of rotatable bonds is 7. The van der Waals surface area contributed by atoms with Gasteiger partial charge in [0.1, 0.15) is 5.84 Å². The van der Waals surface area contributed by atoms with Gasteiger partial charge in [-0.2, -0.15) is 0 Å². The van der Waals surface area contributed by atoms with Gasteiger partial charge in [0, 0.05) is 12.1 Å². The van der Waals surface area contributed by atoms with Crippen molar-refractivity contribution in [2.24, 2.45) is 11.5 Å². The summed E-state index contributed by atoms with van der Waals surface area (Å²) in [4.78, 5) is 27.1. The van der Waals surface area contributed by atoms with Gasteiger partial charge in [0.05, 0.1) is 12.1 Å². The molecule has 8 heteroatoms. The van der Waals surface area contributed by atoms with Crippen LogP contribution in [0.1, 0.15) is 29.5 Å². The van der Waals surface area contributed by atoms with Crippen LogP contribution in [0.2, 0.25) is 0 Å². The molecule has 160 valence electrons. The van der Waals surface area contributed by atoms with Crippen molar-refractivity contribution in [1.82, 2.24) is 10.2 Å². The average molecular weight is 430 g/mol. The van der Waals surface area contributed by atoms with Gasteiger partial charge in [-0.15, -0.1) is 12.4 Å². The minimum absolute atomic E-state index is 0. The van der Waals surface area contributed by atoms with Crippen LogP contribution in [0.15, 0.2) is 54.6 Å². The summed E-state index contributed by atoms with van der Waals surface area (Å²) in [5.41, 5.74) is 14.1. The van der Waals surface area contributed by atoms with E-state index in [0.29, 0.717) is 24.9 Å². The highest BCUT2D eigenvalue weighted by molar-refractivity contribution is 6.00. The Kier molecular flexibility index (Phi) is 8.53. The topological polar surface area (TPSA) is 125 Å². The summed E-state index contributed by atoms with van der Waals surface area (Å²) in [5, 5.41) is 9.95. The van der Waals surface area contributed by atoms with Gasteiger partial charge in [0.2, 0.25) is 11.8 Å². The van der Waals surface area contributed by atoms with Gasteiger partial charge >= 0.3 is 0 Å². The maximum absolute atomic E-state index is 12.7. The number of benzene rings is 2. The number of nitrogens with one attached hydrogen (secondary N) is 2. The Morgan fingerprint density at radius 2 is 1.77 bits per heavy atom. The number of halogens is 1. The fourth-order valence-electron chi connectivity index (χ4n) is 3.59. The summed E-state index contributed by atoms with van der Waals surface area (Å²) in [6.45, 7) is 1.39. The van der Waals surface area contributed by atoms with E-state index in [1.807, 2.05) is 42.5 Å². The SMILES string of the molecule is Cl.N=C(N)c1ccc(CN2CCC[C@H]2C(=O)NC(=O)[C@H](N)Cc2ccccc2)cc1. The summed E-state index contributed by atoms with van der Waals surface area (Å²) < 4.78 is 0. The molecule has 3 rings (SSSR count). The first-order chi connectivity index (χ1) is 13.9. The van der Waals surface area contributed by atoms with Crippen LogP contribution < -0.4 is 16.8 Å². The Morgan fingerprint density at radius 1 is 1.10 bits per heavy atom. The number of carbonyl (C=O) groups is 2. The van der Waals surface area contributed by atoms with Crippen LogP contribution in [0.3, 0.4) is 0 Å². The van der Waals surface area contributed by atoms with E-state index in [-0.39, 0.29) is 30.2 Å². The zero-order valence-electron chi connectivity index (χ0n) is 16.7. The van der Waals surface area contributed by atoms with Crippen molar-refractivity contribution in [2.45, 2.75) is 37.9 Å². The van der Waals surface area contributed by atoms with E-state index in [1.165, 1.54) is 0 Å². The monoisotopic (exact) mass is 429 g/mol. The van der Waals surface area contributed by atoms with Crippen molar-refractivity contribution in [3.05, 3.63) is 71.3 Å². The van der Waals surface area contributed by atoms with E-state index < -0.39 is 11.9 Å². The molecular weight excluding hydrogens is 402 g/mol. The van der Waals surface area contributed by atoms with E-state index in [1.54, 1.807) is 12.1 Å². The van der Waals surface area contributed by atoms with Crippen LogP contribution >= 0.6 is 12.4 Å². The smallest absolute Gasteiger partial charge is 0.243 e. The normalized spacial score (nSPS) is 17.0. The minimum atomic E-state index is -0.768. The largest absolute Gasteiger partial charge is 0.384 e. The van der Waals surface area contributed by atoms with Crippen molar-refractivity contribution in [1.29, 1.82) is 5.41 Å². The Labute approximate surface area is 182 Å². The minimum Gasteiger partial charge on any atom is -0.384 e. The van der Waals surface area contributed by atoms with E-state index in [9.17, 15) is 9.59 Å². The van der Waals surface area contributed by atoms with Crippen LogP contribution in [0, 0.1) is 5.41 Å². The number of amidine groups is 1. The third-order valence-electron chi connectivity index (χ3n) is 5.20. The first kappa shape index (κ1) is 23.5. The lowest BCUT2D eigenvalue weighted by Gasteiger charge is -2.24. The van der Waals surface area contributed by atoms with Crippen molar-refractivity contribution in [3.8, 4) is 0 Å². The van der Waals surface area contributed by atoms with E-state index in [2.05, 4.69) is 10.2 Å². The van der Waals surface area contributed by atoms with Gasteiger partial charge in [0.25, 0.3) is 0 Å². The van der Waals surface area contributed by atoms with Crippen LogP contribution in [0.25, 0.3) is 0 Å². The van der Waals surface area contributed by atoms with Crippen LogP contribution in [0.4, 0.5) is 0 Å². The number of carbonyl (C=O) groups excluding carboxylic acids is 2. The van der Waals surface area contributed by atoms with Gasteiger partial charge < -0.3 is 11.5 Å². The molecule has 0 saturated carbocycles. The molecular formula is C22H28ClN5O2. The number of nitrogens with two attached hydrogens (primary N) is 2. The molecule has 2 atom stereocenters.